The fraction of sp³-hybridized carbons (Fsp3) is 0.600. The first-order chi connectivity index (χ1) is 10.1. The van der Waals surface area contributed by atoms with Crippen molar-refractivity contribution < 1.29 is 14.7 Å². The van der Waals surface area contributed by atoms with Crippen LogP contribution in [-0.4, -0.2) is 84.0 Å². The number of carbonyl (C=O) groups excluding carboxylic acids is 1. The molecule has 0 spiro atoms. The van der Waals surface area contributed by atoms with Crippen molar-refractivity contribution in [3.63, 3.8) is 0 Å². The van der Waals surface area contributed by atoms with Crippen LogP contribution in [0.25, 0.3) is 0 Å². The normalized spacial score (nSPS) is 16.4. The first-order valence-electron chi connectivity index (χ1n) is 7.23. The standard InChI is InChI=1S/C15H25N3O3/c1-3-6-18(7-4-2)14(19)13-17-11-9-16(10-12-17)8-5-15(20)21/h3-4H,1-2,5-13H2,(H,20,21). The Kier molecular flexibility index (Phi) is 7.71. The van der Waals surface area contributed by atoms with E-state index in [0.29, 0.717) is 26.2 Å². The van der Waals surface area contributed by atoms with Crippen LogP contribution in [0, 0.1) is 0 Å². The summed E-state index contributed by atoms with van der Waals surface area (Å²) in [5.74, 6) is -0.689. The van der Waals surface area contributed by atoms with Gasteiger partial charge in [-0.2, -0.15) is 0 Å². The van der Waals surface area contributed by atoms with Crippen molar-refractivity contribution in [1.82, 2.24) is 14.7 Å². The minimum atomic E-state index is -0.767. The van der Waals surface area contributed by atoms with Gasteiger partial charge in [0.2, 0.25) is 5.91 Å². The van der Waals surface area contributed by atoms with Crippen molar-refractivity contribution in [2.75, 3.05) is 52.4 Å². The maximum Gasteiger partial charge on any atom is 0.304 e. The van der Waals surface area contributed by atoms with Gasteiger partial charge in [-0.3, -0.25) is 14.5 Å². The summed E-state index contributed by atoms with van der Waals surface area (Å²) in [6.45, 7) is 12.6. The van der Waals surface area contributed by atoms with E-state index in [-0.39, 0.29) is 12.3 Å². The van der Waals surface area contributed by atoms with Crippen molar-refractivity contribution >= 4 is 11.9 Å². The summed E-state index contributed by atoms with van der Waals surface area (Å²) in [6.07, 6.45) is 3.60. The van der Waals surface area contributed by atoms with E-state index in [4.69, 9.17) is 5.11 Å². The monoisotopic (exact) mass is 295 g/mol. The molecule has 6 heteroatoms. The highest BCUT2D eigenvalue weighted by Gasteiger charge is 2.21. The van der Waals surface area contributed by atoms with Crippen LogP contribution >= 0.6 is 0 Å². The first-order valence-corrected chi connectivity index (χ1v) is 7.23. The average molecular weight is 295 g/mol. The summed E-state index contributed by atoms with van der Waals surface area (Å²) in [5, 5.41) is 8.67. The molecule has 1 saturated heterocycles. The van der Waals surface area contributed by atoms with Gasteiger partial charge in [-0.1, -0.05) is 12.2 Å². The van der Waals surface area contributed by atoms with Gasteiger partial charge in [-0.05, 0) is 0 Å². The predicted octanol–water partition coefficient (Wildman–Crippen LogP) is 0.279. The topological polar surface area (TPSA) is 64.1 Å². The third kappa shape index (κ3) is 6.55. The van der Waals surface area contributed by atoms with Crippen molar-refractivity contribution in [2.24, 2.45) is 0 Å². The summed E-state index contributed by atoms with van der Waals surface area (Å²) in [4.78, 5) is 28.7. The van der Waals surface area contributed by atoms with E-state index in [0.717, 1.165) is 26.2 Å². The number of amides is 1. The molecule has 1 amide bonds. The molecule has 0 saturated carbocycles. The summed E-state index contributed by atoms with van der Waals surface area (Å²) >= 11 is 0. The minimum absolute atomic E-state index is 0.0776. The maximum absolute atomic E-state index is 12.2. The zero-order chi connectivity index (χ0) is 15.7. The minimum Gasteiger partial charge on any atom is -0.481 e. The van der Waals surface area contributed by atoms with E-state index in [9.17, 15) is 9.59 Å². The molecule has 1 aliphatic rings. The lowest BCUT2D eigenvalue weighted by atomic mass is 10.2. The van der Waals surface area contributed by atoms with Crippen molar-refractivity contribution in [3.8, 4) is 0 Å². The molecule has 1 heterocycles. The molecule has 0 aromatic heterocycles. The van der Waals surface area contributed by atoms with Gasteiger partial charge in [-0.25, -0.2) is 0 Å². The fourth-order valence-electron chi connectivity index (χ4n) is 2.31. The number of hydrogen-bond donors (Lipinski definition) is 1. The molecule has 21 heavy (non-hydrogen) atoms. The molecule has 0 aromatic rings. The van der Waals surface area contributed by atoms with E-state index in [2.05, 4.69) is 23.0 Å². The van der Waals surface area contributed by atoms with Gasteiger partial charge >= 0.3 is 5.97 Å². The average Bonchev–Trinajstić information content (AvgIpc) is 2.46. The summed E-state index contributed by atoms with van der Waals surface area (Å²) in [5.41, 5.74) is 0. The highest BCUT2D eigenvalue weighted by Crippen LogP contribution is 2.04. The quantitative estimate of drug-likeness (QED) is 0.619. The van der Waals surface area contributed by atoms with Crippen LogP contribution in [0.5, 0.6) is 0 Å². The van der Waals surface area contributed by atoms with Crippen molar-refractivity contribution in [1.29, 1.82) is 0 Å². The molecule has 0 aliphatic carbocycles. The molecular weight excluding hydrogens is 270 g/mol. The number of carboxylic acids is 1. The lowest BCUT2D eigenvalue weighted by Crippen LogP contribution is -2.50. The molecule has 1 N–H and O–H groups in total. The Labute approximate surface area is 126 Å². The van der Waals surface area contributed by atoms with Crippen LogP contribution < -0.4 is 0 Å². The molecule has 1 aliphatic heterocycles. The summed E-state index contributed by atoms with van der Waals surface area (Å²) < 4.78 is 0. The summed E-state index contributed by atoms with van der Waals surface area (Å²) in [7, 11) is 0. The third-order valence-electron chi connectivity index (χ3n) is 3.52. The predicted molar refractivity (Wildman–Crippen MR) is 82.1 cm³/mol. The first kappa shape index (κ1) is 17.4. The Morgan fingerprint density at radius 3 is 2.05 bits per heavy atom. The molecular formula is C15H25N3O3. The third-order valence-corrected chi connectivity index (χ3v) is 3.52. The number of carbonyl (C=O) groups is 2. The number of aliphatic carboxylic acids is 1. The zero-order valence-corrected chi connectivity index (χ0v) is 12.5. The Balaban J connectivity index is 2.33. The largest absolute Gasteiger partial charge is 0.481 e. The smallest absolute Gasteiger partial charge is 0.304 e. The van der Waals surface area contributed by atoms with Gasteiger partial charge in [0.15, 0.2) is 0 Å². The van der Waals surface area contributed by atoms with Crippen molar-refractivity contribution in [2.45, 2.75) is 6.42 Å². The number of nitrogens with zero attached hydrogens (tertiary/aromatic N) is 3. The molecule has 0 radical (unpaired) electrons. The molecule has 0 bridgehead atoms. The van der Waals surface area contributed by atoms with Crippen LogP contribution in [0.2, 0.25) is 0 Å². The van der Waals surface area contributed by atoms with E-state index < -0.39 is 5.97 Å². The zero-order valence-electron chi connectivity index (χ0n) is 12.5. The molecule has 0 atom stereocenters. The van der Waals surface area contributed by atoms with E-state index >= 15 is 0 Å². The maximum atomic E-state index is 12.2. The molecule has 1 rings (SSSR count). The highest BCUT2D eigenvalue weighted by atomic mass is 16.4. The Hall–Kier alpha value is -1.66. The highest BCUT2D eigenvalue weighted by molar-refractivity contribution is 5.78. The molecule has 0 unspecified atom stereocenters. The molecule has 118 valence electrons. The van der Waals surface area contributed by atoms with Crippen LogP contribution in [0.1, 0.15) is 6.42 Å². The van der Waals surface area contributed by atoms with Gasteiger partial charge in [0, 0.05) is 45.8 Å². The lowest BCUT2D eigenvalue weighted by Gasteiger charge is -2.35. The van der Waals surface area contributed by atoms with Gasteiger partial charge in [-0.15, -0.1) is 13.2 Å². The number of rotatable bonds is 9. The molecule has 6 nitrogen and oxygen atoms in total. The van der Waals surface area contributed by atoms with E-state index in [1.54, 1.807) is 17.1 Å². The summed E-state index contributed by atoms with van der Waals surface area (Å²) in [6, 6.07) is 0. The second-order valence-corrected chi connectivity index (χ2v) is 5.14. The molecule has 0 aromatic carbocycles. The van der Waals surface area contributed by atoms with Gasteiger partial charge in [0.05, 0.1) is 13.0 Å². The van der Waals surface area contributed by atoms with Crippen molar-refractivity contribution in [3.05, 3.63) is 25.3 Å². The van der Waals surface area contributed by atoms with Gasteiger partial charge < -0.3 is 14.9 Å². The second kappa shape index (κ2) is 9.31. The SMILES string of the molecule is C=CCN(CC=C)C(=O)CN1CCN(CCC(=O)O)CC1. The Morgan fingerprint density at radius 1 is 1.05 bits per heavy atom. The van der Waals surface area contributed by atoms with E-state index in [1.165, 1.54) is 0 Å². The number of hydrogen-bond acceptors (Lipinski definition) is 4. The van der Waals surface area contributed by atoms with Crippen LogP contribution in [0.15, 0.2) is 25.3 Å². The van der Waals surface area contributed by atoms with Crippen LogP contribution in [0.3, 0.4) is 0 Å². The van der Waals surface area contributed by atoms with Crippen LogP contribution in [0.4, 0.5) is 0 Å². The number of carboxylic acid groups (broad SMARTS) is 1. The molecule has 1 fully saturated rings. The fourth-order valence-corrected chi connectivity index (χ4v) is 2.31. The second-order valence-electron chi connectivity index (χ2n) is 5.14. The van der Waals surface area contributed by atoms with Gasteiger partial charge in [0.25, 0.3) is 0 Å². The Bertz CT molecular complexity index is 366. The van der Waals surface area contributed by atoms with Gasteiger partial charge in [0.1, 0.15) is 0 Å². The number of piperazine rings is 1. The van der Waals surface area contributed by atoms with Crippen LogP contribution in [-0.2, 0) is 9.59 Å². The Morgan fingerprint density at radius 2 is 1.57 bits per heavy atom. The lowest BCUT2D eigenvalue weighted by molar-refractivity contribution is -0.137. The van der Waals surface area contributed by atoms with E-state index in [1.807, 2.05) is 0 Å².